The van der Waals surface area contributed by atoms with Crippen molar-refractivity contribution >= 4 is 44.6 Å². The van der Waals surface area contributed by atoms with E-state index in [0.717, 1.165) is 18.8 Å². The van der Waals surface area contributed by atoms with E-state index in [-0.39, 0.29) is 11.5 Å². The molecule has 1 fully saturated rings. The number of rotatable bonds is 4. The Balaban J connectivity index is 1.48. The highest BCUT2D eigenvalue weighted by Gasteiger charge is 2.22. The van der Waals surface area contributed by atoms with Gasteiger partial charge in [-0.3, -0.25) is 0 Å². The Morgan fingerprint density at radius 1 is 0.931 bits per heavy atom. The van der Waals surface area contributed by atoms with Crippen LogP contribution in [0.3, 0.4) is 0 Å². The number of nitrogens with zero attached hydrogens (tertiary/aromatic N) is 4. The van der Waals surface area contributed by atoms with Crippen LogP contribution in [0.2, 0.25) is 0 Å². The number of nitrogen functional groups attached to an aromatic ring is 1. The SMILES string of the molecule is Nc1c(Nc2ccc(Br)cc2F)ncnc1N1CCN(c2ccc(F)cc2)CC1. The molecule has 2 aromatic carbocycles. The third-order valence-electron chi connectivity index (χ3n) is 4.82. The lowest BCUT2D eigenvalue weighted by Crippen LogP contribution is -2.47. The Kier molecular flexibility index (Phi) is 5.48. The zero-order valence-corrected chi connectivity index (χ0v) is 17.0. The molecule has 4 rings (SSSR count). The normalized spacial score (nSPS) is 14.2. The highest BCUT2D eigenvalue weighted by Crippen LogP contribution is 2.31. The van der Waals surface area contributed by atoms with Crippen molar-refractivity contribution in [1.29, 1.82) is 0 Å². The van der Waals surface area contributed by atoms with Crippen LogP contribution < -0.4 is 20.9 Å². The molecule has 3 aromatic rings. The minimum absolute atomic E-state index is 0.247. The van der Waals surface area contributed by atoms with E-state index in [1.54, 1.807) is 24.3 Å². The van der Waals surface area contributed by atoms with Crippen LogP contribution in [-0.4, -0.2) is 36.1 Å². The molecule has 1 aromatic heterocycles. The first-order valence-corrected chi connectivity index (χ1v) is 9.88. The smallest absolute Gasteiger partial charge is 0.159 e. The third-order valence-corrected chi connectivity index (χ3v) is 5.31. The summed E-state index contributed by atoms with van der Waals surface area (Å²) in [7, 11) is 0. The maximum Gasteiger partial charge on any atom is 0.159 e. The van der Waals surface area contributed by atoms with Crippen molar-refractivity contribution in [3.8, 4) is 0 Å². The van der Waals surface area contributed by atoms with Gasteiger partial charge >= 0.3 is 0 Å². The van der Waals surface area contributed by atoms with E-state index < -0.39 is 5.82 Å². The highest BCUT2D eigenvalue weighted by atomic mass is 79.9. The monoisotopic (exact) mass is 460 g/mol. The molecule has 29 heavy (non-hydrogen) atoms. The summed E-state index contributed by atoms with van der Waals surface area (Å²) in [5, 5.41) is 2.94. The zero-order chi connectivity index (χ0) is 20.4. The van der Waals surface area contributed by atoms with E-state index in [9.17, 15) is 8.78 Å². The maximum absolute atomic E-state index is 14.1. The van der Waals surface area contributed by atoms with Crippen molar-refractivity contribution in [3.05, 3.63) is 64.9 Å². The second-order valence-corrected chi connectivity index (χ2v) is 7.57. The molecule has 9 heteroatoms. The van der Waals surface area contributed by atoms with Gasteiger partial charge in [0, 0.05) is 36.3 Å². The molecular weight excluding hydrogens is 442 g/mol. The van der Waals surface area contributed by atoms with Crippen LogP contribution in [0, 0.1) is 11.6 Å². The van der Waals surface area contributed by atoms with Gasteiger partial charge in [-0.15, -0.1) is 0 Å². The van der Waals surface area contributed by atoms with Crippen LogP contribution in [0.15, 0.2) is 53.3 Å². The number of hydrogen-bond donors (Lipinski definition) is 2. The predicted octanol–water partition coefficient (Wildman–Crippen LogP) is 4.17. The lowest BCUT2D eigenvalue weighted by atomic mass is 10.2. The number of piperazine rings is 1. The van der Waals surface area contributed by atoms with E-state index in [2.05, 4.69) is 41.0 Å². The third kappa shape index (κ3) is 4.24. The van der Waals surface area contributed by atoms with Crippen LogP contribution in [0.1, 0.15) is 0 Å². The summed E-state index contributed by atoms with van der Waals surface area (Å²) in [4.78, 5) is 12.7. The van der Waals surface area contributed by atoms with Gasteiger partial charge in [-0.05, 0) is 42.5 Å². The molecule has 1 aliphatic heterocycles. The van der Waals surface area contributed by atoms with Gasteiger partial charge in [0.2, 0.25) is 0 Å². The summed E-state index contributed by atoms with van der Waals surface area (Å²) in [5.41, 5.74) is 7.92. The number of hydrogen-bond acceptors (Lipinski definition) is 6. The quantitative estimate of drug-likeness (QED) is 0.608. The van der Waals surface area contributed by atoms with Crippen molar-refractivity contribution in [1.82, 2.24) is 9.97 Å². The minimum atomic E-state index is -0.410. The average molecular weight is 461 g/mol. The summed E-state index contributed by atoms with van der Waals surface area (Å²) < 4.78 is 27.9. The molecule has 0 atom stereocenters. The minimum Gasteiger partial charge on any atom is -0.393 e. The summed E-state index contributed by atoms with van der Waals surface area (Å²) in [6.07, 6.45) is 1.41. The Bertz CT molecular complexity index is 1010. The Hall–Kier alpha value is -2.94. The lowest BCUT2D eigenvalue weighted by Gasteiger charge is -2.37. The maximum atomic E-state index is 14.1. The van der Waals surface area contributed by atoms with E-state index in [4.69, 9.17) is 5.73 Å². The first-order chi connectivity index (χ1) is 14.0. The Morgan fingerprint density at radius 2 is 1.62 bits per heavy atom. The second kappa shape index (κ2) is 8.20. The van der Waals surface area contributed by atoms with E-state index in [0.29, 0.717) is 34.9 Å². The molecule has 0 unspecified atom stereocenters. The van der Waals surface area contributed by atoms with Gasteiger partial charge < -0.3 is 20.9 Å². The van der Waals surface area contributed by atoms with Gasteiger partial charge in [0.05, 0.1) is 5.69 Å². The molecule has 0 bridgehead atoms. The predicted molar refractivity (Wildman–Crippen MR) is 115 cm³/mol. The molecule has 0 spiro atoms. The Morgan fingerprint density at radius 3 is 2.31 bits per heavy atom. The fourth-order valence-electron chi connectivity index (χ4n) is 3.28. The van der Waals surface area contributed by atoms with Crippen LogP contribution >= 0.6 is 15.9 Å². The van der Waals surface area contributed by atoms with Gasteiger partial charge in [0.25, 0.3) is 0 Å². The Labute approximate surface area is 175 Å². The number of benzene rings is 2. The molecule has 0 amide bonds. The molecule has 0 aliphatic carbocycles. The fraction of sp³-hybridized carbons (Fsp3) is 0.200. The zero-order valence-electron chi connectivity index (χ0n) is 15.4. The first kappa shape index (κ1) is 19.4. The molecule has 6 nitrogen and oxygen atoms in total. The van der Waals surface area contributed by atoms with E-state index in [1.807, 2.05) is 0 Å². The second-order valence-electron chi connectivity index (χ2n) is 6.66. The molecule has 0 radical (unpaired) electrons. The largest absolute Gasteiger partial charge is 0.393 e. The van der Waals surface area contributed by atoms with Crippen molar-refractivity contribution < 1.29 is 8.78 Å². The molecule has 3 N–H and O–H groups in total. The molecule has 1 saturated heterocycles. The average Bonchev–Trinajstić information content (AvgIpc) is 2.72. The standard InChI is InChI=1S/C20H19BrF2N6/c21-13-1-6-17(16(23)11-13)27-19-18(24)20(26-12-25-19)29-9-7-28(8-10-29)15-4-2-14(22)3-5-15/h1-6,11-12H,7-10,24H2,(H,25,26,27). The highest BCUT2D eigenvalue weighted by molar-refractivity contribution is 9.10. The summed E-state index contributed by atoms with van der Waals surface area (Å²) in [5.74, 6) is 0.311. The molecular formula is C20H19BrF2N6. The topological polar surface area (TPSA) is 70.3 Å². The number of nitrogens with two attached hydrogens (primary N) is 1. The van der Waals surface area contributed by atoms with Crippen LogP contribution in [0.25, 0.3) is 0 Å². The van der Waals surface area contributed by atoms with Crippen molar-refractivity contribution in [2.24, 2.45) is 0 Å². The summed E-state index contributed by atoms with van der Waals surface area (Å²) in [6.45, 7) is 2.90. The fourth-order valence-corrected chi connectivity index (χ4v) is 3.62. The van der Waals surface area contributed by atoms with E-state index in [1.165, 1.54) is 24.5 Å². The lowest BCUT2D eigenvalue weighted by molar-refractivity contribution is 0.624. The van der Waals surface area contributed by atoms with Crippen molar-refractivity contribution in [3.63, 3.8) is 0 Å². The number of aromatic nitrogens is 2. The number of anilines is 5. The van der Waals surface area contributed by atoms with Crippen LogP contribution in [0.4, 0.5) is 37.5 Å². The molecule has 0 saturated carbocycles. The number of halogens is 3. The van der Waals surface area contributed by atoms with Gasteiger partial charge in [-0.25, -0.2) is 18.7 Å². The van der Waals surface area contributed by atoms with Gasteiger partial charge in [0.15, 0.2) is 11.6 Å². The first-order valence-electron chi connectivity index (χ1n) is 9.09. The van der Waals surface area contributed by atoms with Gasteiger partial charge in [-0.2, -0.15) is 0 Å². The van der Waals surface area contributed by atoms with Crippen LogP contribution in [-0.2, 0) is 0 Å². The summed E-state index contributed by atoms with van der Waals surface area (Å²) in [6, 6.07) is 11.2. The van der Waals surface area contributed by atoms with Crippen molar-refractivity contribution in [2.45, 2.75) is 0 Å². The number of nitrogens with one attached hydrogen (secondary N) is 1. The van der Waals surface area contributed by atoms with E-state index >= 15 is 0 Å². The van der Waals surface area contributed by atoms with Crippen molar-refractivity contribution in [2.75, 3.05) is 47.0 Å². The van der Waals surface area contributed by atoms with Crippen LogP contribution in [0.5, 0.6) is 0 Å². The summed E-state index contributed by atoms with van der Waals surface area (Å²) >= 11 is 3.24. The molecule has 150 valence electrons. The van der Waals surface area contributed by atoms with Gasteiger partial charge in [0.1, 0.15) is 23.6 Å². The van der Waals surface area contributed by atoms with Gasteiger partial charge in [-0.1, -0.05) is 15.9 Å². The molecule has 2 heterocycles. The molecule has 1 aliphatic rings.